The molecule has 5 N–H and O–H groups in total. The average molecular weight is 525 g/mol. The average Bonchev–Trinajstić information content (AvgIpc) is 3.68. The molecule has 1 saturated carbocycles. The lowest BCUT2D eigenvalue weighted by Crippen LogP contribution is -2.54. The van der Waals surface area contributed by atoms with E-state index in [-0.39, 0.29) is 36.7 Å². The number of phenols is 1. The van der Waals surface area contributed by atoms with Crippen molar-refractivity contribution < 1.29 is 29.0 Å². The summed E-state index contributed by atoms with van der Waals surface area (Å²) >= 11 is 0. The highest BCUT2D eigenvalue weighted by atomic mass is 16.6. The van der Waals surface area contributed by atoms with Crippen molar-refractivity contribution in [2.24, 2.45) is 5.73 Å². The quantitative estimate of drug-likeness (QED) is 0.355. The van der Waals surface area contributed by atoms with Crippen molar-refractivity contribution >= 4 is 23.8 Å². The highest BCUT2D eigenvalue weighted by Gasteiger charge is 2.44. The van der Waals surface area contributed by atoms with Gasteiger partial charge in [-0.25, -0.2) is 4.79 Å². The van der Waals surface area contributed by atoms with Crippen molar-refractivity contribution in [3.63, 3.8) is 0 Å². The highest BCUT2D eigenvalue weighted by molar-refractivity contribution is 5.93. The first-order valence-corrected chi connectivity index (χ1v) is 12.7. The van der Waals surface area contributed by atoms with Gasteiger partial charge in [0.1, 0.15) is 23.4 Å². The molecule has 0 aliphatic heterocycles. The molecule has 1 aliphatic rings. The molecule has 2 atom stereocenters. The lowest BCUT2D eigenvalue weighted by atomic mass is 10.00. The Kier molecular flexibility index (Phi) is 9.33. The number of amides is 4. The third-order valence-electron chi connectivity index (χ3n) is 5.93. The molecule has 2 aromatic rings. The van der Waals surface area contributed by atoms with Crippen LogP contribution in [-0.4, -0.2) is 51.5 Å². The lowest BCUT2D eigenvalue weighted by Gasteiger charge is -2.35. The normalized spacial score (nSPS) is 14.6. The van der Waals surface area contributed by atoms with E-state index in [9.17, 15) is 24.3 Å². The van der Waals surface area contributed by atoms with Crippen LogP contribution in [0.1, 0.15) is 63.6 Å². The number of carbonyl (C=O) groups is 4. The standard InChI is InChI=1S/C28H36N4O6/c1-28(2,3)38-27(37)31-21(15-16-23(29)34)26(36)32(19-13-14-19)24(20-11-7-8-12-22(20)33)25(35)30-17-18-9-5-4-6-10-18/h4-12,19,21,24,33H,13-17H2,1-3H3,(H2,29,34)(H,30,35)(H,31,37). The van der Waals surface area contributed by atoms with E-state index in [1.807, 2.05) is 30.3 Å². The van der Waals surface area contributed by atoms with Gasteiger partial charge in [-0.15, -0.1) is 0 Å². The minimum Gasteiger partial charge on any atom is -0.508 e. The largest absolute Gasteiger partial charge is 0.508 e. The van der Waals surface area contributed by atoms with Crippen LogP contribution in [0.3, 0.4) is 0 Å². The van der Waals surface area contributed by atoms with Gasteiger partial charge in [0.25, 0.3) is 0 Å². The smallest absolute Gasteiger partial charge is 0.408 e. The minimum atomic E-state index is -1.17. The molecule has 0 heterocycles. The SMILES string of the molecule is CC(C)(C)OC(=O)NC(CCC(N)=O)C(=O)N(C1CC1)C(C(=O)NCc1ccccc1)c1ccccc1O. The number of hydrogen-bond donors (Lipinski definition) is 4. The maximum absolute atomic E-state index is 14.0. The maximum atomic E-state index is 14.0. The highest BCUT2D eigenvalue weighted by Crippen LogP contribution is 2.38. The van der Waals surface area contributed by atoms with Gasteiger partial charge in [0, 0.05) is 24.6 Å². The van der Waals surface area contributed by atoms with Gasteiger partial charge in [0.15, 0.2) is 0 Å². The topological polar surface area (TPSA) is 151 Å². The Labute approximate surface area is 222 Å². The zero-order valence-electron chi connectivity index (χ0n) is 22.0. The number of hydrogen-bond acceptors (Lipinski definition) is 6. The van der Waals surface area contributed by atoms with Gasteiger partial charge in [0.2, 0.25) is 17.7 Å². The van der Waals surface area contributed by atoms with E-state index in [1.165, 1.54) is 11.0 Å². The van der Waals surface area contributed by atoms with Gasteiger partial charge in [-0.05, 0) is 51.7 Å². The Hall–Kier alpha value is -4.08. The van der Waals surface area contributed by atoms with E-state index in [0.717, 1.165) is 5.56 Å². The first kappa shape index (κ1) is 28.5. The molecular formula is C28H36N4O6. The van der Waals surface area contributed by atoms with Crippen LogP contribution in [0.15, 0.2) is 54.6 Å². The second kappa shape index (κ2) is 12.4. The number of nitrogens with two attached hydrogens (primary N) is 1. The number of carbonyl (C=O) groups excluding carboxylic acids is 4. The first-order valence-electron chi connectivity index (χ1n) is 12.7. The van der Waals surface area contributed by atoms with Gasteiger partial charge < -0.3 is 31.1 Å². The molecule has 38 heavy (non-hydrogen) atoms. The van der Waals surface area contributed by atoms with Crippen LogP contribution < -0.4 is 16.4 Å². The fourth-order valence-corrected chi connectivity index (χ4v) is 4.06. The fourth-order valence-electron chi connectivity index (χ4n) is 4.06. The number of nitrogens with one attached hydrogen (secondary N) is 2. The number of alkyl carbamates (subject to hydrolysis) is 1. The molecule has 1 fully saturated rings. The second-order valence-electron chi connectivity index (χ2n) is 10.3. The molecule has 204 valence electrons. The summed E-state index contributed by atoms with van der Waals surface area (Å²) in [5, 5.41) is 16.1. The van der Waals surface area contributed by atoms with Crippen molar-refractivity contribution in [1.82, 2.24) is 15.5 Å². The molecule has 0 bridgehead atoms. The Morgan fingerprint density at radius 3 is 2.26 bits per heavy atom. The van der Waals surface area contributed by atoms with E-state index in [1.54, 1.807) is 39.0 Å². The summed E-state index contributed by atoms with van der Waals surface area (Å²) in [6.45, 7) is 5.29. The number of primary amides is 1. The van der Waals surface area contributed by atoms with E-state index in [0.29, 0.717) is 12.8 Å². The molecule has 2 unspecified atom stereocenters. The molecule has 0 aromatic heterocycles. The van der Waals surface area contributed by atoms with Gasteiger partial charge in [-0.2, -0.15) is 0 Å². The number of para-hydroxylation sites is 1. The van der Waals surface area contributed by atoms with E-state index in [2.05, 4.69) is 10.6 Å². The van der Waals surface area contributed by atoms with E-state index >= 15 is 0 Å². The summed E-state index contributed by atoms with van der Waals surface area (Å²) in [4.78, 5) is 53.1. The monoisotopic (exact) mass is 524 g/mol. The zero-order valence-corrected chi connectivity index (χ0v) is 22.0. The van der Waals surface area contributed by atoms with E-state index < -0.39 is 41.5 Å². The molecule has 4 amide bonds. The molecule has 0 spiro atoms. The summed E-state index contributed by atoms with van der Waals surface area (Å²) in [6.07, 6.45) is 0.235. The van der Waals surface area contributed by atoms with Crippen molar-refractivity contribution in [2.45, 2.75) is 76.7 Å². The van der Waals surface area contributed by atoms with Crippen LogP contribution in [-0.2, 0) is 25.7 Å². The van der Waals surface area contributed by atoms with Crippen LogP contribution in [0.25, 0.3) is 0 Å². The van der Waals surface area contributed by atoms with Crippen molar-refractivity contribution in [1.29, 1.82) is 0 Å². The Morgan fingerprint density at radius 1 is 1.05 bits per heavy atom. The van der Waals surface area contributed by atoms with Crippen LogP contribution in [0.4, 0.5) is 4.79 Å². The Bertz CT molecular complexity index is 1140. The van der Waals surface area contributed by atoms with Gasteiger partial charge >= 0.3 is 6.09 Å². The van der Waals surface area contributed by atoms with Crippen LogP contribution >= 0.6 is 0 Å². The molecule has 10 nitrogen and oxygen atoms in total. The van der Waals surface area contributed by atoms with Crippen molar-refractivity contribution in [3.8, 4) is 5.75 Å². The second-order valence-corrected chi connectivity index (χ2v) is 10.3. The predicted molar refractivity (Wildman–Crippen MR) is 141 cm³/mol. The summed E-state index contributed by atoms with van der Waals surface area (Å²) in [7, 11) is 0. The van der Waals surface area contributed by atoms with Crippen molar-refractivity contribution in [3.05, 3.63) is 65.7 Å². The summed E-state index contributed by atoms with van der Waals surface area (Å²) in [5.41, 5.74) is 5.64. The summed E-state index contributed by atoms with van der Waals surface area (Å²) in [5.74, 6) is -1.83. The molecule has 0 radical (unpaired) electrons. The fraction of sp³-hybridized carbons (Fsp3) is 0.429. The number of nitrogens with zero attached hydrogens (tertiary/aromatic N) is 1. The summed E-state index contributed by atoms with van der Waals surface area (Å²) < 4.78 is 5.32. The Balaban J connectivity index is 1.94. The van der Waals surface area contributed by atoms with Crippen LogP contribution in [0.5, 0.6) is 5.75 Å². The summed E-state index contributed by atoms with van der Waals surface area (Å²) in [6, 6.07) is 13.0. The van der Waals surface area contributed by atoms with Gasteiger partial charge in [0.05, 0.1) is 0 Å². The molecule has 1 aliphatic carbocycles. The number of ether oxygens (including phenoxy) is 1. The molecule has 10 heteroatoms. The lowest BCUT2D eigenvalue weighted by molar-refractivity contribution is -0.143. The zero-order chi connectivity index (χ0) is 27.9. The van der Waals surface area contributed by atoms with Crippen molar-refractivity contribution in [2.75, 3.05) is 0 Å². The molecule has 2 aromatic carbocycles. The van der Waals surface area contributed by atoms with Crippen LogP contribution in [0, 0.1) is 0 Å². The number of benzene rings is 2. The number of aromatic hydroxyl groups is 1. The number of phenolic OH excluding ortho intramolecular Hbond substituents is 1. The molecule has 0 saturated heterocycles. The third-order valence-corrected chi connectivity index (χ3v) is 5.93. The van der Waals surface area contributed by atoms with Gasteiger partial charge in [-0.3, -0.25) is 14.4 Å². The van der Waals surface area contributed by atoms with Crippen LogP contribution in [0.2, 0.25) is 0 Å². The third kappa shape index (κ3) is 8.22. The first-order chi connectivity index (χ1) is 18.0. The molecule has 3 rings (SSSR count). The minimum absolute atomic E-state index is 0.0737. The number of rotatable bonds is 11. The predicted octanol–water partition coefficient (Wildman–Crippen LogP) is 2.90. The molecular weight excluding hydrogens is 488 g/mol. The maximum Gasteiger partial charge on any atom is 0.408 e. The van der Waals surface area contributed by atoms with Gasteiger partial charge in [-0.1, -0.05) is 48.5 Å². The van der Waals surface area contributed by atoms with E-state index in [4.69, 9.17) is 10.5 Å². The Morgan fingerprint density at radius 2 is 1.68 bits per heavy atom.